The number of aryl methyl sites for hydroxylation is 1. The van der Waals surface area contributed by atoms with E-state index in [1.165, 1.54) is 43.6 Å². The normalized spacial score (nSPS) is 31.4. The number of benzene rings is 1. The van der Waals surface area contributed by atoms with Crippen molar-refractivity contribution in [2.24, 2.45) is 11.8 Å². The highest BCUT2D eigenvalue weighted by Crippen LogP contribution is 2.37. The molecule has 1 N–H and O–H groups in total. The first-order chi connectivity index (χ1) is 9.70. The Hall–Kier alpha value is -0.860. The quantitative estimate of drug-likeness (QED) is 0.905. The van der Waals surface area contributed by atoms with Crippen LogP contribution in [0, 0.1) is 11.8 Å². The van der Waals surface area contributed by atoms with Gasteiger partial charge in [-0.2, -0.15) is 0 Å². The summed E-state index contributed by atoms with van der Waals surface area (Å²) in [7, 11) is 0. The lowest BCUT2D eigenvalue weighted by Gasteiger charge is -2.31. The van der Waals surface area contributed by atoms with Gasteiger partial charge in [-0.3, -0.25) is 4.90 Å². The zero-order chi connectivity index (χ0) is 14.1. The van der Waals surface area contributed by atoms with E-state index in [-0.39, 0.29) is 0 Å². The Labute approximate surface area is 123 Å². The van der Waals surface area contributed by atoms with Gasteiger partial charge in [-0.25, -0.2) is 0 Å². The lowest BCUT2D eigenvalue weighted by atomic mass is 9.95. The van der Waals surface area contributed by atoms with Crippen LogP contribution in [0.1, 0.15) is 44.4 Å². The maximum atomic E-state index is 3.55. The van der Waals surface area contributed by atoms with E-state index in [0.29, 0.717) is 12.1 Å². The molecule has 4 atom stereocenters. The fraction of sp³-hybridized carbons (Fsp3) is 0.667. The molecule has 0 radical (unpaired) electrons. The van der Waals surface area contributed by atoms with Crippen molar-refractivity contribution in [1.82, 2.24) is 10.2 Å². The predicted molar refractivity (Wildman–Crippen MR) is 84.9 cm³/mol. The van der Waals surface area contributed by atoms with E-state index in [1.54, 1.807) is 0 Å². The van der Waals surface area contributed by atoms with E-state index in [0.717, 1.165) is 11.8 Å². The molecule has 0 spiro atoms. The molecule has 0 aromatic heterocycles. The molecule has 0 amide bonds. The van der Waals surface area contributed by atoms with Gasteiger partial charge in [-0.15, -0.1) is 0 Å². The van der Waals surface area contributed by atoms with E-state index in [2.05, 4.69) is 55.3 Å². The van der Waals surface area contributed by atoms with Gasteiger partial charge in [0.15, 0.2) is 0 Å². The number of hydrogen-bond acceptors (Lipinski definition) is 2. The Kier molecular flexibility index (Phi) is 4.13. The summed E-state index contributed by atoms with van der Waals surface area (Å²) in [6.07, 6.45) is 2.43. The summed E-state index contributed by atoms with van der Waals surface area (Å²) in [6.45, 7) is 10.7. The zero-order valence-electron chi connectivity index (χ0n) is 13.1. The van der Waals surface area contributed by atoms with E-state index < -0.39 is 0 Å². The molecule has 0 aliphatic carbocycles. The first kappa shape index (κ1) is 14.1. The first-order valence-electron chi connectivity index (χ1n) is 8.26. The average molecular weight is 272 g/mol. The second-order valence-electron chi connectivity index (χ2n) is 6.69. The molecule has 2 saturated heterocycles. The fourth-order valence-electron chi connectivity index (χ4n) is 4.15. The third-order valence-corrected chi connectivity index (χ3v) is 5.48. The SMILES string of the molecule is CCCc1ccc(C(C)N2CC3CNCC3C2C)cc1. The number of nitrogens with zero attached hydrogens (tertiary/aromatic N) is 1. The fourth-order valence-corrected chi connectivity index (χ4v) is 4.15. The molecule has 0 saturated carbocycles. The van der Waals surface area contributed by atoms with Crippen LogP contribution in [0.5, 0.6) is 0 Å². The average Bonchev–Trinajstić information content (AvgIpc) is 3.03. The maximum absolute atomic E-state index is 3.55. The molecule has 2 heterocycles. The van der Waals surface area contributed by atoms with Gasteiger partial charge in [-0.1, -0.05) is 37.6 Å². The summed E-state index contributed by atoms with van der Waals surface area (Å²) in [5.41, 5.74) is 2.95. The van der Waals surface area contributed by atoms with Crippen LogP contribution >= 0.6 is 0 Å². The number of hydrogen-bond donors (Lipinski definition) is 1. The minimum Gasteiger partial charge on any atom is -0.316 e. The molecule has 2 aliphatic rings. The topological polar surface area (TPSA) is 15.3 Å². The molecule has 20 heavy (non-hydrogen) atoms. The molecule has 110 valence electrons. The van der Waals surface area contributed by atoms with Crippen LogP contribution in [0.4, 0.5) is 0 Å². The molecular formula is C18H28N2. The Morgan fingerprint density at radius 1 is 1.25 bits per heavy atom. The van der Waals surface area contributed by atoms with Crippen molar-refractivity contribution >= 4 is 0 Å². The summed E-state index contributed by atoms with van der Waals surface area (Å²) in [5, 5.41) is 3.55. The highest BCUT2D eigenvalue weighted by atomic mass is 15.2. The van der Waals surface area contributed by atoms with Crippen molar-refractivity contribution in [2.75, 3.05) is 19.6 Å². The zero-order valence-corrected chi connectivity index (χ0v) is 13.1. The van der Waals surface area contributed by atoms with Crippen molar-refractivity contribution < 1.29 is 0 Å². The molecule has 1 aromatic carbocycles. The first-order valence-corrected chi connectivity index (χ1v) is 8.26. The number of rotatable bonds is 4. The number of nitrogens with one attached hydrogen (secondary N) is 1. The van der Waals surface area contributed by atoms with Gasteiger partial charge in [0.05, 0.1) is 0 Å². The summed E-state index contributed by atoms with van der Waals surface area (Å²) in [5.74, 6) is 1.73. The van der Waals surface area contributed by atoms with E-state index in [1.807, 2.05) is 0 Å². The van der Waals surface area contributed by atoms with Crippen LogP contribution in [0.3, 0.4) is 0 Å². The Bertz CT molecular complexity index is 439. The van der Waals surface area contributed by atoms with Crippen LogP contribution in [0.15, 0.2) is 24.3 Å². The van der Waals surface area contributed by atoms with Crippen LogP contribution in [0.2, 0.25) is 0 Å². The minimum atomic E-state index is 0.547. The van der Waals surface area contributed by atoms with E-state index in [9.17, 15) is 0 Å². The summed E-state index contributed by atoms with van der Waals surface area (Å²) in [4.78, 5) is 2.71. The van der Waals surface area contributed by atoms with Gasteiger partial charge in [0.1, 0.15) is 0 Å². The predicted octanol–water partition coefficient (Wildman–Crippen LogP) is 3.24. The van der Waals surface area contributed by atoms with Crippen molar-refractivity contribution in [3.63, 3.8) is 0 Å². The Balaban J connectivity index is 1.70. The summed E-state index contributed by atoms with van der Waals surface area (Å²) < 4.78 is 0. The highest BCUT2D eigenvalue weighted by Gasteiger charge is 2.43. The van der Waals surface area contributed by atoms with Crippen LogP contribution in [0.25, 0.3) is 0 Å². The number of likely N-dealkylation sites (tertiary alicyclic amines) is 1. The van der Waals surface area contributed by atoms with Crippen molar-refractivity contribution in [2.45, 2.75) is 45.7 Å². The molecule has 2 nitrogen and oxygen atoms in total. The highest BCUT2D eigenvalue weighted by molar-refractivity contribution is 5.25. The number of fused-ring (bicyclic) bond motifs is 1. The standard InChI is InChI=1S/C18H28N2/c1-4-5-15-6-8-16(9-7-15)13(2)20-12-17-10-19-11-18(17)14(20)3/h6-9,13-14,17-19H,4-5,10-12H2,1-3H3. The van der Waals surface area contributed by atoms with Crippen molar-refractivity contribution in [1.29, 1.82) is 0 Å². The molecule has 3 rings (SSSR count). The van der Waals surface area contributed by atoms with Crippen LogP contribution in [-0.2, 0) is 6.42 Å². The second kappa shape index (κ2) is 5.87. The molecular weight excluding hydrogens is 244 g/mol. The monoisotopic (exact) mass is 272 g/mol. The smallest absolute Gasteiger partial charge is 0.0322 e. The largest absolute Gasteiger partial charge is 0.316 e. The third kappa shape index (κ3) is 2.51. The van der Waals surface area contributed by atoms with E-state index >= 15 is 0 Å². The molecule has 2 fully saturated rings. The van der Waals surface area contributed by atoms with Crippen LogP contribution < -0.4 is 5.32 Å². The third-order valence-electron chi connectivity index (χ3n) is 5.48. The molecule has 0 bridgehead atoms. The lowest BCUT2D eigenvalue weighted by molar-refractivity contribution is 0.182. The molecule has 1 aromatic rings. The second-order valence-corrected chi connectivity index (χ2v) is 6.69. The summed E-state index contributed by atoms with van der Waals surface area (Å²) in [6, 6.07) is 10.6. The lowest BCUT2D eigenvalue weighted by Crippen LogP contribution is -2.35. The van der Waals surface area contributed by atoms with Gasteiger partial charge >= 0.3 is 0 Å². The van der Waals surface area contributed by atoms with E-state index in [4.69, 9.17) is 0 Å². The molecule has 2 aliphatic heterocycles. The molecule has 2 heteroatoms. The maximum Gasteiger partial charge on any atom is 0.0322 e. The Morgan fingerprint density at radius 2 is 2.00 bits per heavy atom. The molecule has 4 unspecified atom stereocenters. The Morgan fingerprint density at radius 3 is 2.65 bits per heavy atom. The van der Waals surface area contributed by atoms with Crippen molar-refractivity contribution in [3.8, 4) is 0 Å². The van der Waals surface area contributed by atoms with Gasteiger partial charge in [0, 0.05) is 18.6 Å². The minimum absolute atomic E-state index is 0.547. The van der Waals surface area contributed by atoms with Gasteiger partial charge in [0.25, 0.3) is 0 Å². The van der Waals surface area contributed by atoms with Crippen LogP contribution in [-0.4, -0.2) is 30.6 Å². The van der Waals surface area contributed by atoms with Crippen molar-refractivity contribution in [3.05, 3.63) is 35.4 Å². The van der Waals surface area contributed by atoms with Gasteiger partial charge < -0.3 is 5.32 Å². The van der Waals surface area contributed by atoms with Gasteiger partial charge in [-0.05, 0) is 56.3 Å². The van der Waals surface area contributed by atoms with Gasteiger partial charge in [0.2, 0.25) is 0 Å². The summed E-state index contributed by atoms with van der Waals surface area (Å²) >= 11 is 0.